The summed E-state index contributed by atoms with van der Waals surface area (Å²) in [6.07, 6.45) is 2.15. The minimum absolute atomic E-state index is 0.0757. The smallest absolute Gasteiger partial charge is 0.317 e. The summed E-state index contributed by atoms with van der Waals surface area (Å²) in [6.45, 7) is 6.85. The van der Waals surface area contributed by atoms with E-state index in [0.717, 1.165) is 42.8 Å². The fraction of sp³-hybridized carbons (Fsp3) is 0.550. The SMILES string of the molecule is CC(C)CNC(=O)N(C)Cc1nc2cc(C(=O)N3CCCC3)ccc2n1C. The molecule has 1 aromatic carbocycles. The molecule has 0 bridgehead atoms. The summed E-state index contributed by atoms with van der Waals surface area (Å²) in [4.78, 5) is 33.0. The van der Waals surface area contributed by atoms with Gasteiger partial charge in [0.25, 0.3) is 5.91 Å². The molecule has 1 aliphatic heterocycles. The monoisotopic (exact) mass is 371 g/mol. The van der Waals surface area contributed by atoms with Gasteiger partial charge in [0.05, 0.1) is 17.6 Å². The van der Waals surface area contributed by atoms with Gasteiger partial charge in [-0.1, -0.05) is 13.8 Å². The van der Waals surface area contributed by atoms with E-state index in [1.807, 2.05) is 34.7 Å². The highest BCUT2D eigenvalue weighted by Crippen LogP contribution is 2.20. The first kappa shape index (κ1) is 19.2. The summed E-state index contributed by atoms with van der Waals surface area (Å²) in [5.41, 5.74) is 2.42. The number of amides is 3. The summed E-state index contributed by atoms with van der Waals surface area (Å²) < 4.78 is 1.98. The quantitative estimate of drug-likeness (QED) is 0.878. The molecule has 0 spiro atoms. The van der Waals surface area contributed by atoms with Crippen molar-refractivity contribution in [2.75, 3.05) is 26.7 Å². The zero-order valence-electron chi connectivity index (χ0n) is 16.7. The van der Waals surface area contributed by atoms with E-state index in [0.29, 0.717) is 24.6 Å². The molecule has 2 aromatic rings. The molecule has 7 heteroatoms. The number of fused-ring (bicyclic) bond motifs is 1. The van der Waals surface area contributed by atoms with Crippen LogP contribution < -0.4 is 5.32 Å². The predicted molar refractivity (Wildman–Crippen MR) is 106 cm³/mol. The number of aryl methyl sites for hydroxylation is 1. The van der Waals surface area contributed by atoms with Crippen molar-refractivity contribution in [2.45, 2.75) is 33.2 Å². The number of benzene rings is 1. The molecule has 3 amide bonds. The zero-order valence-corrected chi connectivity index (χ0v) is 16.7. The van der Waals surface area contributed by atoms with Crippen molar-refractivity contribution in [3.63, 3.8) is 0 Å². The Balaban J connectivity index is 1.76. The highest BCUT2D eigenvalue weighted by Gasteiger charge is 2.21. The Morgan fingerprint density at radius 2 is 1.96 bits per heavy atom. The molecule has 1 saturated heterocycles. The average Bonchev–Trinajstić information content (AvgIpc) is 3.28. The van der Waals surface area contributed by atoms with Crippen LogP contribution in [0.2, 0.25) is 0 Å². The first-order valence-corrected chi connectivity index (χ1v) is 9.60. The molecule has 1 N–H and O–H groups in total. The van der Waals surface area contributed by atoms with Crippen LogP contribution in [0.4, 0.5) is 4.79 Å². The number of nitrogens with zero attached hydrogens (tertiary/aromatic N) is 4. The van der Waals surface area contributed by atoms with E-state index < -0.39 is 0 Å². The molecule has 1 aliphatic rings. The lowest BCUT2D eigenvalue weighted by Gasteiger charge is -2.18. The highest BCUT2D eigenvalue weighted by atomic mass is 16.2. The molecular weight excluding hydrogens is 342 g/mol. The molecule has 1 aromatic heterocycles. The van der Waals surface area contributed by atoms with E-state index in [9.17, 15) is 9.59 Å². The number of carbonyl (C=O) groups is 2. The van der Waals surface area contributed by atoms with E-state index in [-0.39, 0.29) is 11.9 Å². The van der Waals surface area contributed by atoms with Crippen LogP contribution in [0.25, 0.3) is 11.0 Å². The van der Waals surface area contributed by atoms with Gasteiger partial charge in [0.15, 0.2) is 0 Å². The first-order valence-electron chi connectivity index (χ1n) is 9.60. The number of likely N-dealkylation sites (tertiary alicyclic amines) is 1. The Labute approximate surface area is 160 Å². The van der Waals surface area contributed by atoms with E-state index in [1.54, 1.807) is 11.9 Å². The van der Waals surface area contributed by atoms with Gasteiger partial charge < -0.3 is 19.7 Å². The van der Waals surface area contributed by atoms with Gasteiger partial charge in [0, 0.05) is 39.3 Å². The first-order chi connectivity index (χ1) is 12.9. The molecule has 0 saturated carbocycles. The van der Waals surface area contributed by atoms with Crippen LogP contribution in [0.15, 0.2) is 18.2 Å². The van der Waals surface area contributed by atoms with E-state index in [1.165, 1.54) is 0 Å². The van der Waals surface area contributed by atoms with Crippen LogP contribution in [0, 0.1) is 5.92 Å². The van der Waals surface area contributed by atoms with E-state index >= 15 is 0 Å². The van der Waals surface area contributed by atoms with Gasteiger partial charge in [0.2, 0.25) is 0 Å². The maximum atomic E-state index is 12.6. The van der Waals surface area contributed by atoms with Gasteiger partial charge in [-0.15, -0.1) is 0 Å². The second-order valence-electron chi connectivity index (χ2n) is 7.73. The Kier molecular flexibility index (Phi) is 5.68. The second kappa shape index (κ2) is 7.98. The van der Waals surface area contributed by atoms with Crippen LogP contribution in [0.3, 0.4) is 0 Å². The Hall–Kier alpha value is -2.57. The van der Waals surface area contributed by atoms with E-state index in [2.05, 4.69) is 24.1 Å². The molecule has 0 aliphatic carbocycles. The number of rotatable bonds is 5. The van der Waals surface area contributed by atoms with Crippen molar-refractivity contribution in [2.24, 2.45) is 13.0 Å². The molecule has 1 fully saturated rings. The summed E-state index contributed by atoms with van der Waals surface area (Å²) in [5.74, 6) is 1.27. The van der Waals surface area contributed by atoms with Gasteiger partial charge in [0.1, 0.15) is 5.82 Å². The summed E-state index contributed by atoms with van der Waals surface area (Å²) in [7, 11) is 3.70. The molecular formula is C20H29N5O2. The topological polar surface area (TPSA) is 70.5 Å². The molecule has 27 heavy (non-hydrogen) atoms. The van der Waals surface area contributed by atoms with Gasteiger partial charge >= 0.3 is 6.03 Å². The van der Waals surface area contributed by atoms with Crippen molar-refractivity contribution in [3.8, 4) is 0 Å². The van der Waals surface area contributed by atoms with Crippen LogP contribution >= 0.6 is 0 Å². The predicted octanol–water partition coefficient (Wildman–Crippen LogP) is 2.61. The maximum Gasteiger partial charge on any atom is 0.317 e. The molecule has 0 atom stereocenters. The van der Waals surface area contributed by atoms with E-state index in [4.69, 9.17) is 0 Å². The number of aromatic nitrogens is 2. The zero-order chi connectivity index (χ0) is 19.6. The van der Waals surface area contributed by atoms with Gasteiger partial charge in [-0.05, 0) is 37.0 Å². The summed E-state index contributed by atoms with van der Waals surface area (Å²) in [6, 6.07) is 5.56. The number of nitrogens with one attached hydrogen (secondary N) is 1. The number of imidazole rings is 1. The third kappa shape index (κ3) is 4.23. The van der Waals surface area contributed by atoms with Crippen molar-refractivity contribution in [1.29, 1.82) is 0 Å². The number of hydrogen-bond acceptors (Lipinski definition) is 3. The third-order valence-corrected chi connectivity index (χ3v) is 5.00. The lowest BCUT2D eigenvalue weighted by atomic mass is 10.2. The number of urea groups is 1. The fourth-order valence-corrected chi connectivity index (χ4v) is 3.34. The van der Waals surface area contributed by atoms with Crippen molar-refractivity contribution in [1.82, 2.24) is 24.7 Å². The summed E-state index contributed by atoms with van der Waals surface area (Å²) >= 11 is 0. The van der Waals surface area contributed by atoms with Gasteiger partial charge in [-0.2, -0.15) is 0 Å². The maximum absolute atomic E-state index is 12.6. The largest absolute Gasteiger partial charge is 0.339 e. The Bertz CT molecular complexity index is 836. The lowest BCUT2D eigenvalue weighted by molar-refractivity contribution is 0.0793. The minimum Gasteiger partial charge on any atom is -0.339 e. The van der Waals surface area contributed by atoms with Crippen LogP contribution in [-0.2, 0) is 13.6 Å². The second-order valence-corrected chi connectivity index (χ2v) is 7.73. The average molecular weight is 371 g/mol. The van der Waals surface area contributed by atoms with Crippen molar-refractivity contribution in [3.05, 3.63) is 29.6 Å². The fourth-order valence-electron chi connectivity index (χ4n) is 3.34. The number of carbonyl (C=O) groups excluding carboxylic acids is 2. The standard InChI is InChI=1S/C20H29N5O2/c1-14(2)12-21-20(27)23(3)13-18-22-16-11-15(7-8-17(16)24(18)4)19(26)25-9-5-6-10-25/h7-8,11,14H,5-6,9-10,12-13H2,1-4H3,(H,21,27). The molecule has 3 rings (SSSR count). The van der Waals surface area contributed by atoms with Crippen molar-refractivity contribution >= 4 is 23.0 Å². The van der Waals surface area contributed by atoms with Crippen molar-refractivity contribution < 1.29 is 9.59 Å². The van der Waals surface area contributed by atoms with Crippen LogP contribution in [-0.4, -0.2) is 58.0 Å². The van der Waals surface area contributed by atoms with Crippen LogP contribution in [0.5, 0.6) is 0 Å². The molecule has 7 nitrogen and oxygen atoms in total. The van der Waals surface area contributed by atoms with Crippen LogP contribution in [0.1, 0.15) is 42.9 Å². The molecule has 0 radical (unpaired) electrons. The van der Waals surface area contributed by atoms with Gasteiger partial charge in [-0.25, -0.2) is 9.78 Å². The highest BCUT2D eigenvalue weighted by molar-refractivity contribution is 5.97. The van der Waals surface area contributed by atoms with Gasteiger partial charge in [-0.3, -0.25) is 4.79 Å². The molecule has 2 heterocycles. The minimum atomic E-state index is -0.111. The molecule has 0 unspecified atom stereocenters. The third-order valence-electron chi connectivity index (χ3n) is 5.00. The normalized spacial score (nSPS) is 14.2. The Morgan fingerprint density at radius 1 is 1.26 bits per heavy atom. The summed E-state index contributed by atoms with van der Waals surface area (Å²) in [5, 5.41) is 2.91. The number of hydrogen-bond donors (Lipinski definition) is 1. The lowest BCUT2D eigenvalue weighted by Crippen LogP contribution is -2.38. The molecule has 146 valence electrons. The Morgan fingerprint density at radius 3 is 2.63 bits per heavy atom.